The summed E-state index contributed by atoms with van der Waals surface area (Å²) >= 11 is 5.99. The van der Waals surface area contributed by atoms with E-state index in [2.05, 4.69) is 28.1 Å². The number of nitrogens with zero attached hydrogens (tertiary/aromatic N) is 3. The van der Waals surface area contributed by atoms with Crippen molar-refractivity contribution in [1.29, 1.82) is 0 Å². The van der Waals surface area contributed by atoms with Crippen molar-refractivity contribution in [2.24, 2.45) is 0 Å². The number of halogens is 1. The summed E-state index contributed by atoms with van der Waals surface area (Å²) in [5, 5.41) is 0.666. The zero-order chi connectivity index (χ0) is 17.6. The van der Waals surface area contributed by atoms with Crippen LogP contribution in [0.1, 0.15) is 5.82 Å². The maximum absolute atomic E-state index is 5.99. The predicted molar refractivity (Wildman–Crippen MR) is 104 cm³/mol. The molecular formula is C21H16ClN3. The van der Waals surface area contributed by atoms with Crippen LogP contribution < -0.4 is 0 Å². The second kappa shape index (κ2) is 7.69. The Bertz CT molecular complexity index is 929. The number of aromatic nitrogens is 3. The molecule has 122 valence electrons. The van der Waals surface area contributed by atoms with Crippen LogP contribution in [-0.2, 0) is 0 Å². The lowest BCUT2D eigenvalue weighted by molar-refractivity contribution is 1.04. The average Bonchev–Trinajstić information content (AvgIpc) is 2.67. The molecule has 0 bridgehead atoms. The lowest BCUT2D eigenvalue weighted by Gasteiger charge is -2.08. The summed E-state index contributed by atoms with van der Waals surface area (Å²) in [6.07, 6.45) is 5.21. The van der Waals surface area contributed by atoms with Crippen LogP contribution in [0.3, 0.4) is 0 Å². The van der Waals surface area contributed by atoms with Crippen molar-refractivity contribution in [3.8, 4) is 22.8 Å². The van der Waals surface area contributed by atoms with Crippen molar-refractivity contribution >= 4 is 17.2 Å². The molecule has 25 heavy (non-hydrogen) atoms. The fraction of sp³-hybridized carbons (Fsp3) is 0. The van der Waals surface area contributed by atoms with Crippen molar-refractivity contribution in [2.75, 3.05) is 0 Å². The largest absolute Gasteiger partial charge is 0.208 e. The highest BCUT2D eigenvalue weighted by molar-refractivity contribution is 6.30. The molecular weight excluding hydrogens is 330 g/mol. The maximum Gasteiger partial charge on any atom is 0.164 e. The average molecular weight is 346 g/mol. The van der Waals surface area contributed by atoms with E-state index in [1.54, 1.807) is 12.2 Å². The summed E-state index contributed by atoms with van der Waals surface area (Å²) < 4.78 is 0. The van der Waals surface area contributed by atoms with Crippen molar-refractivity contribution in [3.63, 3.8) is 0 Å². The second-order valence-electron chi connectivity index (χ2n) is 5.24. The summed E-state index contributed by atoms with van der Waals surface area (Å²) in [5.74, 6) is 1.73. The Kier molecular flexibility index (Phi) is 5.17. The molecule has 3 nitrogen and oxygen atoms in total. The van der Waals surface area contributed by atoms with Gasteiger partial charge in [0.1, 0.15) is 0 Å². The Morgan fingerprint density at radius 1 is 0.800 bits per heavy atom. The Morgan fingerprint density at radius 3 is 1.96 bits per heavy atom. The fourth-order valence-electron chi connectivity index (χ4n) is 2.31. The molecule has 0 aliphatic carbocycles. The highest BCUT2D eigenvalue weighted by atomic mass is 35.5. The third kappa shape index (κ3) is 3.90. The van der Waals surface area contributed by atoms with Gasteiger partial charge in [0.15, 0.2) is 17.5 Å². The van der Waals surface area contributed by atoms with E-state index in [9.17, 15) is 0 Å². The van der Waals surface area contributed by atoms with Crippen LogP contribution in [0.25, 0.3) is 28.3 Å². The molecule has 2 aromatic carbocycles. The van der Waals surface area contributed by atoms with Crippen LogP contribution in [-0.4, -0.2) is 15.0 Å². The van der Waals surface area contributed by atoms with E-state index in [1.165, 1.54) is 0 Å². The van der Waals surface area contributed by atoms with Gasteiger partial charge in [0.05, 0.1) is 0 Å². The standard InChI is InChI=1S/C21H16ClN3/c1-3-8-15(4-2)19-23-20(16-9-6-5-7-10-16)25-21(24-19)17-11-13-18(22)14-12-17/h3-14H,1-2H2/b15-8+. The first-order chi connectivity index (χ1) is 12.2. The van der Waals surface area contributed by atoms with Gasteiger partial charge < -0.3 is 0 Å². The Morgan fingerprint density at radius 2 is 1.40 bits per heavy atom. The van der Waals surface area contributed by atoms with Gasteiger partial charge >= 0.3 is 0 Å². The van der Waals surface area contributed by atoms with Gasteiger partial charge in [-0.1, -0.05) is 73.3 Å². The summed E-state index contributed by atoms with van der Waals surface area (Å²) in [6, 6.07) is 17.2. The lowest BCUT2D eigenvalue weighted by Crippen LogP contribution is -2.02. The molecule has 0 atom stereocenters. The van der Waals surface area contributed by atoms with Gasteiger partial charge in [-0.2, -0.15) is 0 Å². The van der Waals surface area contributed by atoms with Gasteiger partial charge in [0, 0.05) is 21.7 Å². The lowest BCUT2D eigenvalue weighted by atomic mass is 10.1. The molecule has 0 saturated heterocycles. The van der Waals surface area contributed by atoms with E-state index < -0.39 is 0 Å². The summed E-state index contributed by atoms with van der Waals surface area (Å²) in [5.41, 5.74) is 2.57. The molecule has 1 aromatic heterocycles. The minimum atomic E-state index is 0.550. The SMILES string of the molecule is C=C/C=C(\C=C)c1nc(-c2ccccc2)nc(-c2ccc(Cl)cc2)n1. The number of allylic oxidation sites excluding steroid dienone is 4. The number of hydrogen-bond donors (Lipinski definition) is 0. The zero-order valence-corrected chi connectivity index (χ0v) is 14.3. The highest BCUT2D eigenvalue weighted by Crippen LogP contribution is 2.24. The van der Waals surface area contributed by atoms with E-state index in [0.29, 0.717) is 22.5 Å². The van der Waals surface area contributed by atoms with Crippen LogP contribution in [0.2, 0.25) is 5.02 Å². The van der Waals surface area contributed by atoms with Crippen molar-refractivity contribution in [1.82, 2.24) is 15.0 Å². The van der Waals surface area contributed by atoms with E-state index >= 15 is 0 Å². The van der Waals surface area contributed by atoms with E-state index in [0.717, 1.165) is 16.7 Å². The molecule has 0 radical (unpaired) electrons. The molecule has 0 N–H and O–H groups in total. The van der Waals surface area contributed by atoms with Crippen molar-refractivity contribution in [2.45, 2.75) is 0 Å². The third-order valence-electron chi connectivity index (χ3n) is 3.55. The molecule has 0 amide bonds. The van der Waals surface area contributed by atoms with Gasteiger partial charge in [-0.15, -0.1) is 0 Å². The third-order valence-corrected chi connectivity index (χ3v) is 3.80. The first-order valence-corrected chi connectivity index (χ1v) is 8.12. The molecule has 0 aliphatic rings. The molecule has 0 spiro atoms. The zero-order valence-electron chi connectivity index (χ0n) is 13.6. The minimum absolute atomic E-state index is 0.550. The molecule has 0 fully saturated rings. The Balaban J connectivity index is 2.21. The minimum Gasteiger partial charge on any atom is -0.208 e. The highest BCUT2D eigenvalue weighted by Gasteiger charge is 2.12. The van der Waals surface area contributed by atoms with Crippen molar-refractivity contribution < 1.29 is 0 Å². The van der Waals surface area contributed by atoms with Gasteiger partial charge in [-0.25, -0.2) is 15.0 Å². The van der Waals surface area contributed by atoms with Crippen LogP contribution in [0.4, 0.5) is 0 Å². The van der Waals surface area contributed by atoms with E-state index in [4.69, 9.17) is 11.6 Å². The molecule has 0 aliphatic heterocycles. The predicted octanol–water partition coefficient (Wildman–Crippen LogP) is 5.61. The molecule has 1 heterocycles. The normalized spacial score (nSPS) is 11.2. The first kappa shape index (κ1) is 16.8. The maximum atomic E-state index is 5.99. The van der Waals surface area contributed by atoms with Crippen LogP contribution in [0.5, 0.6) is 0 Å². The summed E-state index contributed by atoms with van der Waals surface area (Å²) in [6.45, 7) is 7.57. The molecule has 3 aromatic rings. The molecule has 4 heteroatoms. The first-order valence-electron chi connectivity index (χ1n) is 7.74. The number of rotatable bonds is 5. The number of hydrogen-bond acceptors (Lipinski definition) is 3. The molecule has 0 saturated carbocycles. The second-order valence-corrected chi connectivity index (χ2v) is 5.68. The fourth-order valence-corrected chi connectivity index (χ4v) is 2.44. The van der Waals surface area contributed by atoms with Gasteiger partial charge in [-0.05, 0) is 24.3 Å². The van der Waals surface area contributed by atoms with Gasteiger partial charge in [0.2, 0.25) is 0 Å². The molecule has 0 unspecified atom stereocenters. The van der Waals surface area contributed by atoms with Gasteiger partial charge in [-0.3, -0.25) is 0 Å². The van der Waals surface area contributed by atoms with Crippen molar-refractivity contribution in [3.05, 3.63) is 96.8 Å². The van der Waals surface area contributed by atoms with Crippen LogP contribution >= 0.6 is 11.6 Å². The quantitative estimate of drug-likeness (QED) is 0.564. The van der Waals surface area contributed by atoms with Crippen LogP contribution in [0, 0.1) is 0 Å². The van der Waals surface area contributed by atoms with Gasteiger partial charge in [0.25, 0.3) is 0 Å². The monoisotopic (exact) mass is 345 g/mol. The van der Waals surface area contributed by atoms with Crippen LogP contribution in [0.15, 0.2) is 86.0 Å². The molecule has 3 rings (SSSR count). The Hall–Kier alpha value is -3.04. The van der Waals surface area contributed by atoms with E-state index in [1.807, 2.05) is 60.7 Å². The smallest absolute Gasteiger partial charge is 0.164 e. The number of benzene rings is 2. The summed E-state index contributed by atoms with van der Waals surface area (Å²) in [7, 11) is 0. The topological polar surface area (TPSA) is 38.7 Å². The summed E-state index contributed by atoms with van der Waals surface area (Å²) in [4.78, 5) is 13.8. The Labute approximate surface area is 152 Å². The van der Waals surface area contributed by atoms with E-state index in [-0.39, 0.29) is 0 Å².